The van der Waals surface area contributed by atoms with Crippen LogP contribution in [0, 0.1) is 5.82 Å². The molecule has 4 nitrogen and oxygen atoms in total. The predicted octanol–water partition coefficient (Wildman–Crippen LogP) is 4.58. The first-order valence-electron chi connectivity index (χ1n) is 6.13. The van der Waals surface area contributed by atoms with Crippen LogP contribution in [0.4, 0.5) is 4.39 Å². The van der Waals surface area contributed by atoms with Crippen molar-refractivity contribution in [1.29, 1.82) is 0 Å². The molecule has 1 atom stereocenters. The molecule has 0 aliphatic heterocycles. The Balaban J connectivity index is 1.88. The Morgan fingerprint density at radius 2 is 2.05 bits per heavy atom. The number of nitrogens with zero attached hydrogens (tertiary/aromatic N) is 4. The van der Waals surface area contributed by atoms with E-state index in [1.54, 1.807) is 29.1 Å². The zero-order chi connectivity index (χ0) is 14.6. The van der Waals surface area contributed by atoms with E-state index in [-0.39, 0.29) is 5.82 Å². The van der Waals surface area contributed by atoms with Crippen molar-refractivity contribution in [3.63, 3.8) is 0 Å². The van der Waals surface area contributed by atoms with Gasteiger partial charge in [-0.3, -0.25) is 4.68 Å². The van der Waals surface area contributed by atoms with Crippen LogP contribution in [0.2, 0.25) is 0 Å². The molecule has 1 unspecified atom stereocenters. The van der Waals surface area contributed by atoms with E-state index in [9.17, 15) is 4.39 Å². The molecule has 4 rings (SSSR count). The highest BCUT2D eigenvalue weighted by Crippen LogP contribution is 2.36. The van der Waals surface area contributed by atoms with E-state index in [0.717, 1.165) is 26.0 Å². The number of rotatable bonds is 2. The Kier molecular flexibility index (Phi) is 3.24. The number of hydrogen-bond acceptors (Lipinski definition) is 3. The third-order valence-corrected chi connectivity index (χ3v) is 6.22. The summed E-state index contributed by atoms with van der Waals surface area (Å²) in [5, 5.41) is 10.5. The first kappa shape index (κ1) is 13.6. The molecule has 3 aromatic heterocycles. The topological polar surface area (TPSA) is 35.6 Å². The normalized spacial score (nSPS) is 12.3. The molecule has 0 bridgehead atoms. The van der Waals surface area contributed by atoms with Crippen LogP contribution < -0.4 is 0 Å². The summed E-state index contributed by atoms with van der Waals surface area (Å²) in [6, 6.07) is 5.59. The highest BCUT2D eigenvalue weighted by atomic mass is 127. The molecular weight excluding hydrogens is 421 g/mol. The van der Waals surface area contributed by atoms with Crippen molar-refractivity contribution < 1.29 is 4.39 Å². The lowest BCUT2D eigenvalue weighted by molar-refractivity contribution is 0.633. The predicted molar refractivity (Wildman–Crippen MR) is 95.0 cm³/mol. The van der Waals surface area contributed by atoms with Gasteiger partial charge >= 0.3 is 0 Å². The first-order valence-corrected chi connectivity index (χ1v) is 11.0. The van der Waals surface area contributed by atoms with Gasteiger partial charge in [-0.1, -0.05) is 0 Å². The number of thiophene rings is 1. The molecule has 0 saturated heterocycles. The Morgan fingerprint density at radius 1 is 1.19 bits per heavy atom. The zero-order valence-electron chi connectivity index (χ0n) is 10.8. The Hall–Kier alpha value is -1.05. The van der Waals surface area contributed by atoms with Crippen molar-refractivity contribution in [1.82, 2.24) is 19.3 Å². The van der Waals surface area contributed by atoms with Crippen LogP contribution in [-0.4, -0.2) is 19.3 Å². The summed E-state index contributed by atoms with van der Waals surface area (Å²) in [6.07, 6.45) is 4.45. The Labute approximate surface area is 138 Å². The van der Waals surface area contributed by atoms with E-state index in [4.69, 9.17) is 0 Å². The van der Waals surface area contributed by atoms with Crippen LogP contribution in [0.5, 0.6) is 0 Å². The second kappa shape index (κ2) is 5.00. The number of aromatic nitrogens is 4. The smallest absolute Gasteiger partial charge is 0.151 e. The van der Waals surface area contributed by atoms with Gasteiger partial charge in [-0.15, -0.1) is 11.3 Å². The van der Waals surface area contributed by atoms with E-state index in [1.807, 2.05) is 22.9 Å². The van der Waals surface area contributed by atoms with Crippen LogP contribution in [-0.2, 0) is 7.05 Å². The van der Waals surface area contributed by atoms with Crippen molar-refractivity contribution in [2.45, 2.75) is 0 Å². The molecule has 1 aromatic carbocycles. The maximum Gasteiger partial charge on any atom is 0.151 e. The molecule has 0 radical (unpaired) electrons. The quantitative estimate of drug-likeness (QED) is 0.345. The monoisotopic (exact) mass is 430 g/mol. The van der Waals surface area contributed by atoms with E-state index in [1.165, 1.54) is 0 Å². The summed E-state index contributed by atoms with van der Waals surface area (Å²) >= 11 is 3.88. The summed E-state index contributed by atoms with van der Waals surface area (Å²) in [7, 11) is 1.80. The number of halogens is 2. The van der Waals surface area contributed by atoms with Gasteiger partial charge in [-0.25, -0.2) is 8.84 Å². The van der Waals surface area contributed by atoms with E-state index >= 15 is 0 Å². The lowest BCUT2D eigenvalue weighted by Crippen LogP contribution is -1.86. The number of fused-ring (bicyclic) bond motifs is 2. The number of hydrogen-bond donors (Lipinski definition) is 0. The largest absolute Gasteiger partial charge is 0.274 e. The third kappa shape index (κ3) is 2.27. The van der Waals surface area contributed by atoms with Crippen LogP contribution in [0.3, 0.4) is 0 Å². The maximum absolute atomic E-state index is 14.2. The molecule has 0 N–H and O–H groups in total. The fourth-order valence-electron chi connectivity index (χ4n) is 2.36. The van der Waals surface area contributed by atoms with Crippen molar-refractivity contribution in [3.8, 4) is 10.4 Å². The first-order chi connectivity index (χ1) is 10.1. The van der Waals surface area contributed by atoms with E-state index < -0.39 is 0 Å². The second-order valence-electron chi connectivity index (χ2n) is 4.73. The van der Waals surface area contributed by atoms with Gasteiger partial charge in [-0.2, -0.15) is 10.2 Å². The maximum atomic E-state index is 14.2. The van der Waals surface area contributed by atoms with Crippen molar-refractivity contribution in [2.75, 3.05) is 0 Å². The molecule has 0 fully saturated rings. The van der Waals surface area contributed by atoms with Gasteiger partial charge in [0.15, 0.2) is 5.82 Å². The van der Waals surface area contributed by atoms with Gasteiger partial charge in [0.2, 0.25) is 0 Å². The number of aryl methyl sites for hydroxylation is 1. The number of benzene rings is 1. The van der Waals surface area contributed by atoms with Gasteiger partial charge in [0, 0.05) is 35.1 Å². The SMILES string of the molecule is Cn1cc2cc(-c3cc4cn(PI)nc4s3)cc(F)c2n1. The summed E-state index contributed by atoms with van der Waals surface area (Å²) in [6.45, 7) is 0. The summed E-state index contributed by atoms with van der Waals surface area (Å²) in [5.74, 6) is -0.284. The Bertz CT molecular complexity index is 942. The molecule has 8 heteroatoms. The van der Waals surface area contributed by atoms with Gasteiger partial charge in [0.1, 0.15) is 10.3 Å². The van der Waals surface area contributed by atoms with Gasteiger partial charge in [0.05, 0.1) is 6.37 Å². The fraction of sp³-hybridized carbons (Fsp3) is 0.0769. The van der Waals surface area contributed by atoms with Gasteiger partial charge in [0.25, 0.3) is 0 Å². The molecular formula is C13H9FIN4PS. The minimum atomic E-state index is -0.284. The highest BCUT2D eigenvalue weighted by Gasteiger charge is 2.12. The van der Waals surface area contributed by atoms with Crippen molar-refractivity contribution in [2.24, 2.45) is 7.05 Å². The summed E-state index contributed by atoms with van der Waals surface area (Å²) < 4.78 is 17.7. The molecule has 21 heavy (non-hydrogen) atoms. The van der Waals surface area contributed by atoms with Crippen LogP contribution in [0.1, 0.15) is 0 Å². The van der Waals surface area contributed by atoms with E-state index in [2.05, 4.69) is 38.3 Å². The van der Waals surface area contributed by atoms with Crippen LogP contribution in [0.25, 0.3) is 31.6 Å². The highest BCUT2D eigenvalue weighted by molar-refractivity contribution is 14.2. The van der Waals surface area contributed by atoms with E-state index in [0.29, 0.717) is 11.9 Å². The minimum absolute atomic E-state index is 0.284. The fourth-order valence-corrected chi connectivity index (χ4v) is 4.49. The van der Waals surface area contributed by atoms with Crippen LogP contribution in [0.15, 0.2) is 30.6 Å². The van der Waals surface area contributed by atoms with Gasteiger partial charge in [-0.05, 0) is 45.8 Å². The molecule has 4 aromatic rings. The lowest BCUT2D eigenvalue weighted by atomic mass is 10.1. The average molecular weight is 430 g/mol. The third-order valence-electron chi connectivity index (χ3n) is 3.25. The van der Waals surface area contributed by atoms with Crippen LogP contribution >= 0.6 is 39.8 Å². The molecule has 3 heterocycles. The zero-order valence-corrected chi connectivity index (χ0v) is 14.8. The standard InChI is InChI=1S/C13H9FIN4PS/c1-18-5-8-2-7(3-10(14)12(8)16-18)11-4-9-6-19(20-15)17-13(9)21-11/h2-6,20H,1H3. The minimum Gasteiger partial charge on any atom is -0.274 e. The molecule has 0 saturated carbocycles. The van der Waals surface area contributed by atoms with Gasteiger partial charge < -0.3 is 0 Å². The summed E-state index contributed by atoms with van der Waals surface area (Å²) in [5.41, 5.74) is 1.29. The summed E-state index contributed by atoms with van der Waals surface area (Å²) in [4.78, 5) is 2.02. The molecule has 0 spiro atoms. The lowest BCUT2D eigenvalue weighted by Gasteiger charge is -1.98. The second-order valence-corrected chi connectivity index (χ2v) is 7.83. The Morgan fingerprint density at radius 3 is 2.81 bits per heavy atom. The molecule has 0 amide bonds. The molecule has 0 aliphatic rings. The van der Waals surface area contributed by atoms with Crippen molar-refractivity contribution in [3.05, 3.63) is 36.4 Å². The molecule has 0 aliphatic carbocycles. The van der Waals surface area contributed by atoms with Crippen molar-refractivity contribution >= 4 is 60.9 Å². The molecule has 106 valence electrons. The average Bonchev–Trinajstić information content (AvgIpc) is 3.09.